The molecule has 168 valence electrons. The highest BCUT2D eigenvalue weighted by molar-refractivity contribution is 8.00. The minimum Gasteiger partial charge on any atom is -0.491 e. The quantitative estimate of drug-likeness (QED) is 0.311. The van der Waals surface area contributed by atoms with Gasteiger partial charge in [-0.1, -0.05) is 30.9 Å². The number of halogens is 1. The van der Waals surface area contributed by atoms with Gasteiger partial charge in [-0.3, -0.25) is 9.59 Å². The number of aliphatic hydroxyl groups is 1. The number of thioether (sulfide) groups is 1. The third-order valence-electron chi connectivity index (χ3n) is 5.25. The first-order valence-corrected chi connectivity index (χ1v) is 12.3. The van der Waals surface area contributed by atoms with Crippen LogP contribution in [0, 0.1) is 5.92 Å². The van der Waals surface area contributed by atoms with Gasteiger partial charge in [-0.05, 0) is 50.5 Å². The predicted molar refractivity (Wildman–Crippen MR) is 121 cm³/mol. The Morgan fingerprint density at radius 2 is 1.97 bits per heavy atom. The summed E-state index contributed by atoms with van der Waals surface area (Å²) in [6, 6.07) is 7.06. The second-order valence-electron chi connectivity index (χ2n) is 7.66. The molecule has 5 nitrogen and oxygen atoms in total. The SMILES string of the molecule is CCOC(=O)CCCCCC[C@H]1C(=O)CC[C@@H]1SC[C@H](O)COc1ccc(Cl)cc1. The molecule has 1 aliphatic carbocycles. The van der Waals surface area contributed by atoms with Crippen molar-refractivity contribution in [1.82, 2.24) is 0 Å². The summed E-state index contributed by atoms with van der Waals surface area (Å²) in [4.78, 5) is 23.6. The lowest BCUT2D eigenvalue weighted by molar-refractivity contribution is -0.143. The lowest BCUT2D eigenvalue weighted by Gasteiger charge is -2.20. The van der Waals surface area contributed by atoms with Gasteiger partial charge in [-0.15, -0.1) is 0 Å². The fourth-order valence-electron chi connectivity index (χ4n) is 3.65. The molecule has 30 heavy (non-hydrogen) atoms. The molecule has 0 amide bonds. The van der Waals surface area contributed by atoms with E-state index in [0.29, 0.717) is 41.8 Å². The Hall–Kier alpha value is -1.24. The lowest BCUT2D eigenvalue weighted by atomic mass is 9.98. The van der Waals surface area contributed by atoms with Gasteiger partial charge in [-0.25, -0.2) is 0 Å². The molecule has 3 atom stereocenters. The summed E-state index contributed by atoms with van der Waals surface area (Å²) in [5.74, 6) is 1.55. The summed E-state index contributed by atoms with van der Waals surface area (Å²) in [6.45, 7) is 2.47. The molecule has 0 unspecified atom stereocenters. The number of carbonyl (C=O) groups is 2. The van der Waals surface area contributed by atoms with Crippen LogP contribution in [-0.2, 0) is 14.3 Å². The molecule has 0 spiro atoms. The van der Waals surface area contributed by atoms with Gasteiger partial charge < -0.3 is 14.6 Å². The fraction of sp³-hybridized carbons (Fsp3) is 0.652. The van der Waals surface area contributed by atoms with Crippen LogP contribution >= 0.6 is 23.4 Å². The van der Waals surface area contributed by atoms with Crippen molar-refractivity contribution in [1.29, 1.82) is 0 Å². The van der Waals surface area contributed by atoms with E-state index in [1.165, 1.54) is 0 Å². The van der Waals surface area contributed by atoms with Crippen molar-refractivity contribution in [2.45, 2.75) is 69.6 Å². The monoisotopic (exact) mass is 456 g/mol. The molecule has 0 aromatic heterocycles. The van der Waals surface area contributed by atoms with Crippen LogP contribution in [0.25, 0.3) is 0 Å². The Morgan fingerprint density at radius 3 is 2.70 bits per heavy atom. The van der Waals surface area contributed by atoms with Crippen molar-refractivity contribution < 1.29 is 24.2 Å². The number of rotatable bonds is 14. The minimum absolute atomic E-state index is 0.0874. The Morgan fingerprint density at radius 1 is 1.23 bits per heavy atom. The molecular formula is C23H33ClO5S. The van der Waals surface area contributed by atoms with Gasteiger partial charge in [0.15, 0.2) is 0 Å². The molecular weight excluding hydrogens is 424 g/mol. The number of hydrogen-bond donors (Lipinski definition) is 1. The first kappa shape index (κ1) is 25.0. The maximum absolute atomic E-state index is 12.3. The van der Waals surface area contributed by atoms with Gasteiger partial charge in [-0.2, -0.15) is 11.8 Å². The van der Waals surface area contributed by atoms with Crippen LogP contribution in [0.5, 0.6) is 5.75 Å². The average Bonchev–Trinajstić information content (AvgIpc) is 3.08. The van der Waals surface area contributed by atoms with Crippen molar-refractivity contribution >= 4 is 35.1 Å². The van der Waals surface area contributed by atoms with E-state index < -0.39 is 6.10 Å². The predicted octanol–water partition coefficient (Wildman–Crippen LogP) is 5.06. The zero-order chi connectivity index (χ0) is 21.8. The normalized spacial score (nSPS) is 19.6. The minimum atomic E-state index is -0.579. The lowest BCUT2D eigenvalue weighted by Crippen LogP contribution is -2.24. The van der Waals surface area contributed by atoms with Crippen molar-refractivity contribution in [2.75, 3.05) is 19.0 Å². The smallest absolute Gasteiger partial charge is 0.305 e. The van der Waals surface area contributed by atoms with E-state index in [2.05, 4.69) is 0 Å². The van der Waals surface area contributed by atoms with E-state index >= 15 is 0 Å². The van der Waals surface area contributed by atoms with Gasteiger partial charge in [0.2, 0.25) is 0 Å². The van der Waals surface area contributed by atoms with Crippen LogP contribution in [0.1, 0.15) is 58.3 Å². The Kier molecular flexibility index (Phi) is 11.6. The summed E-state index contributed by atoms with van der Waals surface area (Å²) in [5, 5.41) is 11.2. The molecule has 2 rings (SSSR count). The molecule has 0 bridgehead atoms. The van der Waals surface area contributed by atoms with E-state index in [1.807, 2.05) is 6.92 Å². The number of esters is 1. The summed E-state index contributed by atoms with van der Waals surface area (Å²) in [6.07, 6.45) is 6.18. The second-order valence-corrected chi connectivity index (χ2v) is 9.37. The third kappa shape index (κ3) is 9.27. The number of carbonyl (C=O) groups excluding carboxylic acids is 2. The maximum atomic E-state index is 12.3. The van der Waals surface area contributed by atoms with Crippen molar-refractivity contribution in [3.8, 4) is 5.75 Å². The number of hydrogen-bond acceptors (Lipinski definition) is 6. The van der Waals surface area contributed by atoms with Gasteiger partial charge >= 0.3 is 5.97 Å². The molecule has 1 fully saturated rings. The number of unbranched alkanes of at least 4 members (excludes halogenated alkanes) is 3. The van der Waals surface area contributed by atoms with Crippen LogP contribution in [0.3, 0.4) is 0 Å². The average molecular weight is 457 g/mol. The van der Waals surface area contributed by atoms with E-state index in [9.17, 15) is 14.7 Å². The summed E-state index contributed by atoms with van der Waals surface area (Å²) < 4.78 is 10.5. The molecule has 0 saturated heterocycles. The highest BCUT2D eigenvalue weighted by atomic mass is 35.5. The van der Waals surface area contributed by atoms with Gasteiger partial charge in [0.25, 0.3) is 0 Å². The number of ketones is 1. The Balaban J connectivity index is 1.61. The standard InChI is InChI=1S/C23H33ClO5S/c1-2-28-23(27)8-6-4-3-5-7-20-21(26)13-14-22(20)30-16-18(25)15-29-19-11-9-17(24)10-12-19/h9-12,18,20,22,25H,2-8,13-16H2,1H3/t18-,20+,22+/m1/s1. The first-order valence-electron chi connectivity index (χ1n) is 10.9. The van der Waals surface area contributed by atoms with E-state index in [-0.39, 0.29) is 23.7 Å². The molecule has 0 heterocycles. The van der Waals surface area contributed by atoms with Crippen LogP contribution < -0.4 is 4.74 Å². The van der Waals surface area contributed by atoms with Crippen LogP contribution in [-0.4, -0.2) is 47.2 Å². The summed E-state index contributed by atoms with van der Waals surface area (Å²) >= 11 is 7.54. The van der Waals surface area contributed by atoms with Crippen molar-refractivity contribution in [3.63, 3.8) is 0 Å². The van der Waals surface area contributed by atoms with E-state index in [4.69, 9.17) is 21.1 Å². The second kappa shape index (κ2) is 13.9. The fourth-order valence-corrected chi connectivity index (χ4v) is 5.15. The molecule has 1 aromatic carbocycles. The molecule has 1 aromatic rings. The van der Waals surface area contributed by atoms with Crippen molar-refractivity contribution in [2.24, 2.45) is 5.92 Å². The van der Waals surface area contributed by atoms with Crippen LogP contribution in [0.4, 0.5) is 0 Å². The number of aliphatic hydroxyl groups excluding tert-OH is 1. The maximum Gasteiger partial charge on any atom is 0.305 e. The van der Waals surface area contributed by atoms with E-state index in [1.54, 1.807) is 36.0 Å². The van der Waals surface area contributed by atoms with Gasteiger partial charge in [0, 0.05) is 34.8 Å². The Bertz CT molecular complexity index is 651. The molecule has 1 aliphatic rings. The zero-order valence-electron chi connectivity index (χ0n) is 17.7. The van der Waals surface area contributed by atoms with Crippen LogP contribution in [0.15, 0.2) is 24.3 Å². The third-order valence-corrected chi connectivity index (χ3v) is 7.07. The zero-order valence-corrected chi connectivity index (χ0v) is 19.3. The summed E-state index contributed by atoms with van der Waals surface area (Å²) in [5.41, 5.74) is 0. The van der Waals surface area contributed by atoms with E-state index in [0.717, 1.165) is 38.5 Å². The van der Waals surface area contributed by atoms with Crippen LogP contribution in [0.2, 0.25) is 5.02 Å². The number of Topliss-reactive ketones (excluding diaryl/α,β-unsaturated/α-hetero) is 1. The van der Waals surface area contributed by atoms with Gasteiger partial charge in [0.05, 0.1) is 12.7 Å². The molecule has 7 heteroatoms. The highest BCUT2D eigenvalue weighted by Crippen LogP contribution is 2.36. The van der Waals surface area contributed by atoms with Crippen molar-refractivity contribution in [3.05, 3.63) is 29.3 Å². The molecule has 0 radical (unpaired) electrons. The molecule has 1 saturated carbocycles. The first-order chi connectivity index (χ1) is 14.5. The topological polar surface area (TPSA) is 72.8 Å². The largest absolute Gasteiger partial charge is 0.491 e. The summed E-state index contributed by atoms with van der Waals surface area (Å²) in [7, 11) is 0. The molecule has 1 N–H and O–H groups in total. The Labute approximate surface area is 188 Å². The number of benzene rings is 1. The number of ether oxygens (including phenoxy) is 2. The molecule has 0 aliphatic heterocycles. The highest BCUT2D eigenvalue weighted by Gasteiger charge is 2.34. The van der Waals surface area contributed by atoms with Gasteiger partial charge in [0.1, 0.15) is 18.1 Å².